The van der Waals surface area contributed by atoms with Gasteiger partial charge in [0, 0.05) is 16.7 Å². The molecule has 0 aliphatic carbocycles. The maximum atomic E-state index is 11.1. The fourth-order valence-corrected chi connectivity index (χ4v) is 2.42. The van der Waals surface area contributed by atoms with Crippen LogP contribution < -0.4 is 11.5 Å². The normalized spacial score (nSPS) is 14.1. The predicted molar refractivity (Wildman–Crippen MR) is 76.7 cm³/mol. The Labute approximate surface area is 119 Å². The van der Waals surface area contributed by atoms with E-state index >= 15 is 0 Å². The molecule has 1 heterocycles. The number of carbonyl (C=O) groups excluding carboxylic acids is 1. The molecule has 2 atom stereocenters. The van der Waals surface area contributed by atoms with E-state index in [2.05, 4.69) is 21.0 Å². The van der Waals surface area contributed by atoms with Crippen molar-refractivity contribution in [1.29, 1.82) is 0 Å². The summed E-state index contributed by atoms with van der Waals surface area (Å²) in [7, 11) is 0. The summed E-state index contributed by atoms with van der Waals surface area (Å²) in [4.78, 5) is 11.1. The molecule has 1 aromatic heterocycles. The van der Waals surface area contributed by atoms with E-state index in [4.69, 9.17) is 11.5 Å². The van der Waals surface area contributed by atoms with Gasteiger partial charge in [-0.15, -0.1) is 0 Å². The Morgan fingerprint density at radius 2 is 2.21 bits per heavy atom. The van der Waals surface area contributed by atoms with Gasteiger partial charge < -0.3 is 11.5 Å². The van der Waals surface area contributed by atoms with Gasteiger partial charge in [0.25, 0.3) is 5.91 Å². The van der Waals surface area contributed by atoms with Crippen LogP contribution in [0, 0.1) is 0 Å². The highest BCUT2D eigenvalue weighted by atomic mass is 79.9. The molecule has 0 spiro atoms. The van der Waals surface area contributed by atoms with Gasteiger partial charge in [-0.1, -0.05) is 28.1 Å². The number of aromatic nitrogens is 2. The van der Waals surface area contributed by atoms with Crippen LogP contribution in [0.25, 0.3) is 0 Å². The van der Waals surface area contributed by atoms with E-state index in [1.54, 1.807) is 10.9 Å². The van der Waals surface area contributed by atoms with E-state index < -0.39 is 5.91 Å². The van der Waals surface area contributed by atoms with Crippen molar-refractivity contribution in [2.75, 3.05) is 0 Å². The molecule has 0 saturated carbocycles. The van der Waals surface area contributed by atoms with Crippen LogP contribution in [0.4, 0.5) is 0 Å². The predicted octanol–water partition coefficient (Wildman–Crippen LogP) is 1.68. The quantitative estimate of drug-likeness (QED) is 0.897. The van der Waals surface area contributed by atoms with E-state index in [0.29, 0.717) is 5.56 Å². The third-order valence-corrected chi connectivity index (χ3v) is 3.35. The van der Waals surface area contributed by atoms with Crippen molar-refractivity contribution in [3.63, 3.8) is 0 Å². The van der Waals surface area contributed by atoms with Crippen LogP contribution in [0.2, 0.25) is 0 Å². The summed E-state index contributed by atoms with van der Waals surface area (Å²) in [6.07, 6.45) is 3.08. The minimum Gasteiger partial charge on any atom is -0.366 e. The third-order valence-electron chi connectivity index (χ3n) is 2.86. The average Bonchev–Trinajstić information content (AvgIpc) is 2.78. The first kappa shape index (κ1) is 13.8. The second-order valence-corrected chi connectivity index (χ2v) is 5.35. The lowest BCUT2D eigenvalue weighted by atomic mass is 10.0. The van der Waals surface area contributed by atoms with Gasteiger partial charge in [0.2, 0.25) is 0 Å². The highest BCUT2D eigenvalue weighted by Gasteiger charge is 2.20. The molecule has 0 radical (unpaired) electrons. The molecule has 100 valence electrons. The van der Waals surface area contributed by atoms with E-state index in [0.717, 1.165) is 10.0 Å². The minimum absolute atomic E-state index is 0.148. The van der Waals surface area contributed by atoms with Gasteiger partial charge in [-0.2, -0.15) is 5.10 Å². The standard InChI is InChI=1S/C13H15BrN4O/c1-8(15)12(9-3-2-4-11(14)5-9)18-7-10(6-17-18)13(16)19/h2-8,12H,15H2,1H3,(H2,16,19). The van der Waals surface area contributed by atoms with Crippen LogP contribution in [0.3, 0.4) is 0 Å². The maximum absolute atomic E-state index is 11.1. The number of nitrogens with zero attached hydrogens (tertiary/aromatic N) is 2. The second kappa shape index (κ2) is 5.54. The Balaban J connectivity index is 2.42. The summed E-state index contributed by atoms with van der Waals surface area (Å²) < 4.78 is 2.64. The molecule has 0 aliphatic rings. The molecule has 1 amide bonds. The molecule has 0 bridgehead atoms. The lowest BCUT2D eigenvalue weighted by Gasteiger charge is -2.22. The summed E-state index contributed by atoms with van der Waals surface area (Å²) in [6.45, 7) is 1.90. The number of carbonyl (C=O) groups is 1. The minimum atomic E-state index is -0.496. The van der Waals surface area contributed by atoms with Crippen LogP contribution in [0.15, 0.2) is 41.1 Å². The summed E-state index contributed by atoms with van der Waals surface area (Å²) in [5.74, 6) is -0.496. The van der Waals surface area contributed by atoms with Gasteiger partial charge in [-0.05, 0) is 24.6 Å². The molecule has 5 nitrogen and oxygen atoms in total. The summed E-state index contributed by atoms with van der Waals surface area (Å²) in [5.41, 5.74) is 12.7. The number of amides is 1. The van der Waals surface area contributed by atoms with E-state index in [1.165, 1.54) is 6.20 Å². The molecule has 0 aliphatic heterocycles. The van der Waals surface area contributed by atoms with E-state index in [9.17, 15) is 4.79 Å². The highest BCUT2D eigenvalue weighted by molar-refractivity contribution is 9.10. The number of halogens is 1. The molecule has 2 unspecified atom stereocenters. The zero-order valence-corrected chi connectivity index (χ0v) is 12.0. The summed E-state index contributed by atoms with van der Waals surface area (Å²) in [6, 6.07) is 7.54. The monoisotopic (exact) mass is 322 g/mol. The van der Waals surface area contributed by atoms with Crippen LogP contribution in [0.5, 0.6) is 0 Å². The van der Waals surface area contributed by atoms with Crippen molar-refractivity contribution in [1.82, 2.24) is 9.78 Å². The van der Waals surface area contributed by atoms with Gasteiger partial charge >= 0.3 is 0 Å². The fraction of sp³-hybridized carbons (Fsp3) is 0.231. The van der Waals surface area contributed by atoms with Gasteiger partial charge in [-0.3, -0.25) is 9.48 Å². The van der Waals surface area contributed by atoms with Crippen LogP contribution in [0.1, 0.15) is 28.9 Å². The highest BCUT2D eigenvalue weighted by Crippen LogP contribution is 2.23. The molecule has 2 rings (SSSR count). The third kappa shape index (κ3) is 3.02. The summed E-state index contributed by atoms with van der Waals surface area (Å²) >= 11 is 3.44. The number of benzene rings is 1. The molecule has 19 heavy (non-hydrogen) atoms. The zero-order valence-electron chi connectivity index (χ0n) is 10.5. The van der Waals surface area contributed by atoms with E-state index in [-0.39, 0.29) is 12.1 Å². The largest absolute Gasteiger partial charge is 0.366 e. The molecule has 0 fully saturated rings. The Morgan fingerprint density at radius 3 is 2.74 bits per heavy atom. The van der Waals surface area contributed by atoms with Crippen molar-refractivity contribution < 1.29 is 4.79 Å². The van der Waals surface area contributed by atoms with Crippen LogP contribution in [-0.2, 0) is 0 Å². The van der Waals surface area contributed by atoms with Gasteiger partial charge in [0.1, 0.15) is 0 Å². The molecule has 6 heteroatoms. The Hall–Kier alpha value is -1.66. The number of hydrogen-bond donors (Lipinski definition) is 2. The number of nitrogens with two attached hydrogens (primary N) is 2. The molecule has 2 aromatic rings. The topological polar surface area (TPSA) is 86.9 Å². The van der Waals surface area contributed by atoms with E-state index in [1.807, 2.05) is 31.2 Å². The first-order valence-corrected chi connectivity index (χ1v) is 6.63. The van der Waals surface area contributed by atoms with Crippen molar-refractivity contribution in [3.05, 3.63) is 52.3 Å². The maximum Gasteiger partial charge on any atom is 0.251 e. The van der Waals surface area contributed by atoms with Crippen molar-refractivity contribution in [2.24, 2.45) is 11.5 Å². The molecule has 0 saturated heterocycles. The molecule has 1 aromatic carbocycles. The average molecular weight is 323 g/mol. The van der Waals surface area contributed by atoms with Gasteiger partial charge in [0.15, 0.2) is 0 Å². The Kier molecular flexibility index (Phi) is 4.01. The number of hydrogen-bond acceptors (Lipinski definition) is 3. The first-order valence-electron chi connectivity index (χ1n) is 5.84. The lowest BCUT2D eigenvalue weighted by molar-refractivity contribution is 0.1000. The van der Waals surface area contributed by atoms with Crippen molar-refractivity contribution in [2.45, 2.75) is 19.0 Å². The molecule has 4 N–H and O–H groups in total. The molecular weight excluding hydrogens is 308 g/mol. The number of primary amides is 1. The Morgan fingerprint density at radius 1 is 1.47 bits per heavy atom. The SMILES string of the molecule is CC(N)C(c1cccc(Br)c1)n1cc(C(N)=O)cn1. The Bertz CT molecular complexity index is 594. The first-order chi connectivity index (χ1) is 8.99. The van der Waals surface area contributed by atoms with Gasteiger partial charge in [0.05, 0.1) is 17.8 Å². The second-order valence-electron chi connectivity index (χ2n) is 4.43. The zero-order chi connectivity index (χ0) is 14.0. The van der Waals surface area contributed by atoms with Gasteiger partial charge in [-0.25, -0.2) is 0 Å². The fourth-order valence-electron chi connectivity index (χ4n) is 2.01. The number of rotatable bonds is 4. The van der Waals surface area contributed by atoms with Crippen LogP contribution in [-0.4, -0.2) is 21.7 Å². The summed E-state index contributed by atoms with van der Waals surface area (Å²) in [5, 5.41) is 4.19. The lowest BCUT2D eigenvalue weighted by Crippen LogP contribution is -2.30. The van der Waals surface area contributed by atoms with Crippen molar-refractivity contribution >= 4 is 21.8 Å². The molecular formula is C13H15BrN4O. The van der Waals surface area contributed by atoms with Crippen LogP contribution >= 0.6 is 15.9 Å². The van der Waals surface area contributed by atoms with Crippen molar-refractivity contribution in [3.8, 4) is 0 Å². The smallest absolute Gasteiger partial charge is 0.251 e.